The van der Waals surface area contributed by atoms with Crippen LogP contribution in [0.2, 0.25) is 0 Å². The van der Waals surface area contributed by atoms with Gasteiger partial charge in [0.25, 0.3) is 5.69 Å². The van der Waals surface area contributed by atoms with Crippen LogP contribution >= 0.6 is 0 Å². The van der Waals surface area contributed by atoms with Gasteiger partial charge in [0, 0.05) is 25.2 Å². The van der Waals surface area contributed by atoms with Gasteiger partial charge in [0.15, 0.2) is 0 Å². The molecule has 0 atom stereocenters. The lowest BCUT2D eigenvalue weighted by Crippen LogP contribution is -2.32. The van der Waals surface area contributed by atoms with Gasteiger partial charge in [-0.1, -0.05) is 65.7 Å². The van der Waals surface area contributed by atoms with Crippen molar-refractivity contribution in [3.63, 3.8) is 0 Å². The second-order valence-corrected chi connectivity index (χ2v) is 9.81. The Labute approximate surface area is 189 Å². The second-order valence-electron chi connectivity index (χ2n) is 7.87. The van der Waals surface area contributed by atoms with Crippen molar-refractivity contribution in [1.82, 2.24) is 4.31 Å². The SMILES string of the molecule is CC(C)=C(C)CN(Cc1ccccc1)S(=O)(=O)c1cccc(-c2cccc([N+](=O)[O-])c2)c1. The van der Waals surface area contributed by atoms with E-state index in [1.807, 2.05) is 51.1 Å². The van der Waals surface area contributed by atoms with Crippen LogP contribution in [0.15, 0.2) is 94.9 Å². The van der Waals surface area contributed by atoms with Gasteiger partial charge in [0.1, 0.15) is 0 Å². The van der Waals surface area contributed by atoms with E-state index in [1.54, 1.807) is 36.4 Å². The minimum Gasteiger partial charge on any atom is -0.258 e. The van der Waals surface area contributed by atoms with E-state index in [-0.39, 0.29) is 23.7 Å². The molecule has 0 aliphatic heterocycles. The van der Waals surface area contributed by atoms with Crippen molar-refractivity contribution in [2.75, 3.05) is 6.54 Å². The Hall–Kier alpha value is -3.29. The Morgan fingerprint density at radius 3 is 2.12 bits per heavy atom. The zero-order valence-electron chi connectivity index (χ0n) is 18.4. The third-order valence-electron chi connectivity index (χ3n) is 5.33. The molecule has 7 heteroatoms. The number of allylic oxidation sites excluding steroid dienone is 1. The average molecular weight is 451 g/mol. The number of rotatable bonds is 8. The van der Waals surface area contributed by atoms with E-state index in [2.05, 4.69) is 0 Å². The fourth-order valence-corrected chi connectivity index (χ4v) is 4.73. The first-order valence-corrected chi connectivity index (χ1v) is 11.6. The molecule has 32 heavy (non-hydrogen) atoms. The number of nitrogens with zero attached hydrogens (tertiary/aromatic N) is 2. The molecule has 0 amide bonds. The van der Waals surface area contributed by atoms with Crippen LogP contribution in [-0.4, -0.2) is 24.2 Å². The number of nitro groups is 1. The number of nitro benzene ring substituents is 1. The van der Waals surface area contributed by atoms with E-state index < -0.39 is 14.9 Å². The highest BCUT2D eigenvalue weighted by molar-refractivity contribution is 7.89. The summed E-state index contributed by atoms with van der Waals surface area (Å²) >= 11 is 0. The standard InChI is InChI=1S/C25H26N2O4S/c1-19(2)20(3)17-26(18-21-9-5-4-6-10-21)32(30,31)25-14-8-12-23(16-25)22-11-7-13-24(15-22)27(28)29/h4-16H,17-18H2,1-3H3. The number of sulfonamides is 1. The molecule has 166 valence electrons. The van der Waals surface area contributed by atoms with E-state index in [0.717, 1.165) is 16.7 Å². The van der Waals surface area contributed by atoms with E-state index >= 15 is 0 Å². The van der Waals surface area contributed by atoms with Gasteiger partial charge >= 0.3 is 0 Å². The molecular weight excluding hydrogens is 424 g/mol. The fraction of sp³-hybridized carbons (Fsp3) is 0.200. The van der Waals surface area contributed by atoms with Gasteiger partial charge in [-0.15, -0.1) is 0 Å². The summed E-state index contributed by atoms with van der Waals surface area (Å²) in [6.45, 7) is 6.38. The molecule has 0 saturated carbocycles. The van der Waals surface area contributed by atoms with Gasteiger partial charge in [-0.2, -0.15) is 4.31 Å². The highest BCUT2D eigenvalue weighted by Crippen LogP contribution is 2.28. The maximum Gasteiger partial charge on any atom is 0.270 e. The molecule has 6 nitrogen and oxygen atoms in total. The van der Waals surface area contributed by atoms with Gasteiger partial charge in [0.2, 0.25) is 10.0 Å². The molecule has 0 bridgehead atoms. The molecule has 3 aromatic rings. The van der Waals surface area contributed by atoms with Crippen molar-refractivity contribution in [2.24, 2.45) is 0 Å². The molecule has 0 radical (unpaired) electrons. The van der Waals surface area contributed by atoms with Gasteiger partial charge in [-0.05, 0) is 49.6 Å². The molecule has 3 aromatic carbocycles. The summed E-state index contributed by atoms with van der Waals surface area (Å²) in [5, 5.41) is 11.1. The Morgan fingerprint density at radius 1 is 0.875 bits per heavy atom. The van der Waals surface area contributed by atoms with Crippen LogP contribution in [0.1, 0.15) is 26.3 Å². The quantitative estimate of drug-likeness (QED) is 0.246. The van der Waals surface area contributed by atoms with Crippen molar-refractivity contribution in [3.05, 3.63) is 106 Å². The summed E-state index contributed by atoms with van der Waals surface area (Å²) in [4.78, 5) is 10.8. The maximum atomic E-state index is 13.6. The number of non-ortho nitro benzene ring substituents is 1. The largest absolute Gasteiger partial charge is 0.270 e. The summed E-state index contributed by atoms with van der Waals surface area (Å²) in [7, 11) is -3.82. The van der Waals surface area contributed by atoms with Crippen molar-refractivity contribution in [1.29, 1.82) is 0 Å². The molecule has 3 rings (SSSR count). The lowest BCUT2D eigenvalue weighted by Gasteiger charge is -2.24. The molecule has 0 heterocycles. The van der Waals surface area contributed by atoms with Crippen molar-refractivity contribution in [2.45, 2.75) is 32.2 Å². The Bertz CT molecular complexity index is 1250. The summed E-state index contributed by atoms with van der Waals surface area (Å²) in [5.41, 5.74) is 4.11. The van der Waals surface area contributed by atoms with E-state index in [0.29, 0.717) is 11.1 Å². The molecule has 0 aliphatic carbocycles. The normalized spacial score (nSPS) is 11.4. The first kappa shape index (κ1) is 23.4. The Balaban J connectivity index is 2.02. The third kappa shape index (κ3) is 5.49. The predicted octanol–water partition coefficient (Wildman–Crippen LogP) is 5.81. The number of hydrogen-bond acceptors (Lipinski definition) is 4. The summed E-state index contributed by atoms with van der Waals surface area (Å²) < 4.78 is 28.8. The molecule has 0 aromatic heterocycles. The van der Waals surface area contributed by atoms with Gasteiger partial charge in [-0.3, -0.25) is 10.1 Å². The highest BCUT2D eigenvalue weighted by Gasteiger charge is 2.25. The lowest BCUT2D eigenvalue weighted by molar-refractivity contribution is -0.384. The van der Waals surface area contributed by atoms with Crippen molar-refractivity contribution >= 4 is 15.7 Å². The zero-order chi connectivity index (χ0) is 23.3. The molecule has 0 saturated heterocycles. The lowest BCUT2D eigenvalue weighted by atomic mass is 10.1. The number of hydrogen-bond donors (Lipinski definition) is 0. The third-order valence-corrected chi connectivity index (χ3v) is 7.12. The molecule has 0 unspecified atom stereocenters. The topological polar surface area (TPSA) is 80.5 Å². The Kier molecular flexibility index (Phi) is 7.22. The summed E-state index contributed by atoms with van der Waals surface area (Å²) in [6.07, 6.45) is 0. The summed E-state index contributed by atoms with van der Waals surface area (Å²) in [5.74, 6) is 0. The van der Waals surface area contributed by atoms with Gasteiger partial charge in [0.05, 0.1) is 9.82 Å². The first-order valence-electron chi connectivity index (χ1n) is 10.2. The van der Waals surface area contributed by atoms with Crippen LogP contribution in [0, 0.1) is 10.1 Å². The smallest absolute Gasteiger partial charge is 0.258 e. The van der Waals surface area contributed by atoms with Crippen LogP contribution < -0.4 is 0 Å². The first-order chi connectivity index (χ1) is 15.2. The molecule has 0 spiro atoms. The second kappa shape index (κ2) is 9.89. The average Bonchev–Trinajstić information content (AvgIpc) is 2.79. The Morgan fingerprint density at radius 2 is 1.50 bits per heavy atom. The van der Waals surface area contributed by atoms with Gasteiger partial charge < -0.3 is 0 Å². The van der Waals surface area contributed by atoms with E-state index in [4.69, 9.17) is 0 Å². The van der Waals surface area contributed by atoms with Crippen LogP contribution in [0.5, 0.6) is 0 Å². The monoisotopic (exact) mass is 450 g/mol. The summed E-state index contributed by atoms with van der Waals surface area (Å²) in [6, 6.07) is 22.2. The number of benzene rings is 3. The van der Waals surface area contributed by atoms with Gasteiger partial charge in [-0.25, -0.2) is 8.42 Å². The van der Waals surface area contributed by atoms with E-state index in [9.17, 15) is 18.5 Å². The molecule has 0 N–H and O–H groups in total. The zero-order valence-corrected chi connectivity index (χ0v) is 19.2. The minimum absolute atomic E-state index is 0.0411. The van der Waals surface area contributed by atoms with Crippen molar-refractivity contribution < 1.29 is 13.3 Å². The van der Waals surface area contributed by atoms with Crippen molar-refractivity contribution in [3.8, 4) is 11.1 Å². The van der Waals surface area contributed by atoms with Crippen LogP contribution in [0.3, 0.4) is 0 Å². The predicted molar refractivity (Wildman–Crippen MR) is 127 cm³/mol. The van der Waals surface area contributed by atoms with Crippen LogP contribution in [0.25, 0.3) is 11.1 Å². The van der Waals surface area contributed by atoms with Crippen LogP contribution in [0.4, 0.5) is 5.69 Å². The molecule has 0 aliphatic rings. The fourth-order valence-electron chi connectivity index (χ4n) is 3.22. The van der Waals surface area contributed by atoms with E-state index in [1.165, 1.54) is 16.4 Å². The maximum absolute atomic E-state index is 13.6. The van der Waals surface area contributed by atoms with Crippen LogP contribution in [-0.2, 0) is 16.6 Å². The minimum atomic E-state index is -3.82. The molecular formula is C25H26N2O4S. The highest BCUT2D eigenvalue weighted by atomic mass is 32.2. The molecule has 0 fully saturated rings.